The molecule has 2 rings (SSSR count). The Morgan fingerprint density at radius 1 is 1.57 bits per heavy atom. The van der Waals surface area contributed by atoms with Gasteiger partial charge in [-0.15, -0.1) is 11.8 Å². The van der Waals surface area contributed by atoms with Crippen molar-refractivity contribution in [3.8, 4) is 0 Å². The average Bonchev–Trinajstić information content (AvgIpc) is 2.72. The predicted molar refractivity (Wildman–Crippen MR) is 57.7 cm³/mol. The van der Waals surface area contributed by atoms with Crippen LogP contribution in [0.5, 0.6) is 0 Å². The number of Topliss-reactive ketones (excluding diaryl/α,β-unsaturated/α-hetero) is 1. The van der Waals surface area contributed by atoms with Crippen molar-refractivity contribution in [2.75, 3.05) is 0 Å². The van der Waals surface area contributed by atoms with Gasteiger partial charge in [-0.3, -0.25) is 4.79 Å². The molecule has 1 aliphatic rings. The fourth-order valence-electron chi connectivity index (χ4n) is 1.57. The molecule has 0 aliphatic heterocycles. The van der Waals surface area contributed by atoms with Gasteiger partial charge < -0.3 is 4.42 Å². The lowest BCUT2D eigenvalue weighted by Gasteiger charge is -2.04. The normalized spacial score (nSPS) is 21.8. The molecule has 0 amide bonds. The largest absolute Gasteiger partial charge is 0.449 e. The van der Waals surface area contributed by atoms with Crippen LogP contribution in [-0.2, 0) is 10.5 Å². The summed E-state index contributed by atoms with van der Waals surface area (Å²) in [7, 11) is 0. The number of thioether (sulfide) groups is 1. The second-order valence-corrected chi connectivity index (χ2v) is 4.93. The molecule has 0 aromatic carbocycles. The van der Waals surface area contributed by atoms with E-state index < -0.39 is 0 Å². The molecule has 0 saturated heterocycles. The van der Waals surface area contributed by atoms with Crippen LogP contribution in [0.2, 0.25) is 5.22 Å². The first-order valence-electron chi connectivity index (χ1n) is 4.64. The van der Waals surface area contributed by atoms with Crippen molar-refractivity contribution >= 4 is 29.1 Å². The maximum absolute atomic E-state index is 11.3. The highest BCUT2D eigenvalue weighted by Crippen LogP contribution is 2.29. The van der Waals surface area contributed by atoms with Crippen LogP contribution in [0.25, 0.3) is 0 Å². The van der Waals surface area contributed by atoms with Gasteiger partial charge >= 0.3 is 0 Å². The highest BCUT2D eigenvalue weighted by molar-refractivity contribution is 7.99. The van der Waals surface area contributed by atoms with Gasteiger partial charge in [0.1, 0.15) is 11.5 Å². The summed E-state index contributed by atoms with van der Waals surface area (Å²) in [5, 5.41) is 0.595. The number of furan rings is 1. The van der Waals surface area contributed by atoms with Crippen LogP contribution in [0.3, 0.4) is 0 Å². The van der Waals surface area contributed by atoms with Gasteiger partial charge in [0.15, 0.2) is 5.22 Å². The first-order chi connectivity index (χ1) is 6.75. The van der Waals surface area contributed by atoms with Crippen LogP contribution in [0, 0.1) is 0 Å². The first-order valence-corrected chi connectivity index (χ1v) is 6.07. The molecule has 0 radical (unpaired) electrons. The summed E-state index contributed by atoms with van der Waals surface area (Å²) in [6.07, 6.45) is 2.80. The van der Waals surface area contributed by atoms with E-state index in [1.165, 1.54) is 0 Å². The van der Waals surface area contributed by atoms with E-state index >= 15 is 0 Å². The number of hydrogen-bond acceptors (Lipinski definition) is 3. The Morgan fingerprint density at radius 2 is 2.43 bits per heavy atom. The highest BCUT2D eigenvalue weighted by Gasteiger charge is 2.24. The molecule has 1 aromatic heterocycles. The van der Waals surface area contributed by atoms with E-state index in [-0.39, 0.29) is 5.25 Å². The number of carbonyl (C=O) groups is 1. The second kappa shape index (κ2) is 4.41. The van der Waals surface area contributed by atoms with Crippen LogP contribution in [0.4, 0.5) is 0 Å². The van der Waals surface area contributed by atoms with Crippen LogP contribution in [0.15, 0.2) is 16.5 Å². The van der Waals surface area contributed by atoms with Gasteiger partial charge in [0.25, 0.3) is 0 Å². The van der Waals surface area contributed by atoms with Crippen molar-refractivity contribution in [3.63, 3.8) is 0 Å². The molecule has 1 aliphatic carbocycles. The zero-order chi connectivity index (χ0) is 9.97. The van der Waals surface area contributed by atoms with Crippen molar-refractivity contribution in [3.05, 3.63) is 23.1 Å². The summed E-state index contributed by atoms with van der Waals surface area (Å²) in [5.41, 5.74) is 0. The molecule has 2 nitrogen and oxygen atoms in total. The lowest BCUT2D eigenvalue weighted by Crippen LogP contribution is -2.08. The average molecular weight is 231 g/mol. The van der Waals surface area contributed by atoms with Gasteiger partial charge in [-0.25, -0.2) is 0 Å². The third-order valence-electron chi connectivity index (χ3n) is 2.30. The minimum Gasteiger partial charge on any atom is -0.449 e. The summed E-state index contributed by atoms with van der Waals surface area (Å²) < 4.78 is 5.21. The lowest BCUT2D eigenvalue weighted by molar-refractivity contribution is -0.116. The minimum absolute atomic E-state index is 0.180. The number of ketones is 1. The van der Waals surface area contributed by atoms with Crippen LogP contribution < -0.4 is 0 Å². The van der Waals surface area contributed by atoms with Crippen molar-refractivity contribution in [2.45, 2.75) is 30.3 Å². The molecule has 1 saturated carbocycles. The van der Waals surface area contributed by atoms with Crippen molar-refractivity contribution in [1.29, 1.82) is 0 Å². The smallest absolute Gasteiger partial charge is 0.193 e. The molecule has 1 heterocycles. The molecular formula is C10H11ClO2S. The summed E-state index contributed by atoms with van der Waals surface area (Å²) in [5.74, 6) is 1.97. The Bertz CT molecular complexity index is 335. The molecule has 1 aromatic rings. The second-order valence-electron chi connectivity index (χ2n) is 3.36. The molecule has 0 spiro atoms. The molecule has 14 heavy (non-hydrogen) atoms. The standard InChI is InChI=1S/C10H11ClO2S/c11-10-5-4-7(13-10)6-14-9-3-1-2-8(9)12/h4-5,9H,1-3,6H2. The van der Waals surface area contributed by atoms with E-state index in [1.54, 1.807) is 17.8 Å². The van der Waals surface area contributed by atoms with Gasteiger partial charge in [0.2, 0.25) is 0 Å². The maximum Gasteiger partial charge on any atom is 0.193 e. The Hall–Kier alpha value is -0.410. The Labute approximate surface area is 92.0 Å². The molecule has 4 heteroatoms. The summed E-state index contributed by atoms with van der Waals surface area (Å²) in [6.45, 7) is 0. The van der Waals surface area contributed by atoms with Crippen LogP contribution in [0.1, 0.15) is 25.0 Å². The van der Waals surface area contributed by atoms with E-state index in [2.05, 4.69) is 0 Å². The third kappa shape index (κ3) is 2.34. The van der Waals surface area contributed by atoms with E-state index in [0.717, 1.165) is 30.8 Å². The molecular weight excluding hydrogens is 220 g/mol. The van der Waals surface area contributed by atoms with E-state index in [9.17, 15) is 4.79 Å². The minimum atomic E-state index is 0.180. The van der Waals surface area contributed by atoms with Crippen molar-refractivity contribution < 1.29 is 9.21 Å². The number of carbonyl (C=O) groups excluding carboxylic acids is 1. The van der Waals surface area contributed by atoms with Crippen molar-refractivity contribution in [2.24, 2.45) is 0 Å². The monoisotopic (exact) mass is 230 g/mol. The Morgan fingerprint density at radius 3 is 3.00 bits per heavy atom. The Kier molecular flexibility index (Phi) is 3.19. The van der Waals surface area contributed by atoms with Gasteiger partial charge in [-0.1, -0.05) is 0 Å². The quantitative estimate of drug-likeness (QED) is 0.798. The summed E-state index contributed by atoms with van der Waals surface area (Å²) >= 11 is 7.30. The van der Waals surface area contributed by atoms with E-state index in [4.69, 9.17) is 16.0 Å². The molecule has 0 N–H and O–H groups in total. The van der Waals surface area contributed by atoms with Gasteiger partial charge in [0.05, 0.1) is 11.0 Å². The number of rotatable bonds is 3. The predicted octanol–water partition coefficient (Wildman–Crippen LogP) is 3.29. The SMILES string of the molecule is O=C1CCCC1SCc1ccc(Cl)o1. The van der Waals surface area contributed by atoms with Gasteiger partial charge in [-0.05, 0) is 36.6 Å². The van der Waals surface area contributed by atoms with Crippen molar-refractivity contribution in [1.82, 2.24) is 0 Å². The van der Waals surface area contributed by atoms with Crippen LogP contribution >= 0.6 is 23.4 Å². The molecule has 1 fully saturated rings. The Balaban J connectivity index is 1.85. The summed E-state index contributed by atoms with van der Waals surface area (Å²) in [6, 6.07) is 3.59. The molecule has 0 bridgehead atoms. The highest BCUT2D eigenvalue weighted by atomic mass is 35.5. The fraction of sp³-hybridized carbons (Fsp3) is 0.500. The van der Waals surface area contributed by atoms with E-state index in [1.807, 2.05) is 6.07 Å². The number of halogens is 1. The first kappa shape index (κ1) is 10.1. The fourth-order valence-corrected chi connectivity index (χ4v) is 2.89. The van der Waals surface area contributed by atoms with Crippen LogP contribution in [-0.4, -0.2) is 11.0 Å². The maximum atomic E-state index is 11.3. The number of hydrogen-bond donors (Lipinski definition) is 0. The zero-order valence-corrected chi connectivity index (χ0v) is 9.24. The van der Waals surface area contributed by atoms with Gasteiger partial charge in [-0.2, -0.15) is 0 Å². The topological polar surface area (TPSA) is 30.2 Å². The summed E-state index contributed by atoms with van der Waals surface area (Å²) in [4.78, 5) is 11.3. The van der Waals surface area contributed by atoms with Gasteiger partial charge in [0, 0.05) is 6.42 Å². The molecule has 1 unspecified atom stereocenters. The van der Waals surface area contributed by atoms with E-state index in [0.29, 0.717) is 11.0 Å². The molecule has 76 valence electrons. The zero-order valence-electron chi connectivity index (χ0n) is 7.66. The lowest BCUT2D eigenvalue weighted by atomic mass is 10.3. The molecule has 1 atom stereocenters. The third-order valence-corrected chi connectivity index (χ3v) is 3.86.